The molecule has 1 aromatic rings. The van der Waals surface area contributed by atoms with Gasteiger partial charge in [0.25, 0.3) is 0 Å². The first-order chi connectivity index (χ1) is 9.66. The van der Waals surface area contributed by atoms with Crippen LogP contribution in [-0.4, -0.2) is 28.2 Å². The van der Waals surface area contributed by atoms with E-state index < -0.39 is 5.38 Å². The number of ketones is 1. The van der Waals surface area contributed by atoms with E-state index in [1.165, 1.54) is 0 Å². The molecule has 0 aromatic carbocycles. The quantitative estimate of drug-likeness (QED) is 0.647. The van der Waals surface area contributed by atoms with Crippen molar-refractivity contribution < 1.29 is 9.59 Å². The number of alkyl halides is 1. The van der Waals surface area contributed by atoms with Gasteiger partial charge in [0.15, 0.2) is 5.78 Å². The SMILES string of the molecule is Cc1cc(C(=O)C(C)Cl)c(C)n1C(C)C(=O)NCC(C)C. The lowest BCUT2D eigenvalue weighted by molar-refractivity contribution is -0.124. The Bertz CT molecular complexity index is 533. The van der Waals surface area contributed by atoms with Gasteiger partial charge in [0.05, 0.1) is 5.38 Å². The normalized spacial score (nSPS) is 14.1. The highest BCUT2D eigenvalue weighted by atomic mass is 35.5. The molecule has 0 aliphatic carbocycles. The third kappa shape index (κ3) is 4.10. The van der Waals surface area contributed by atoms with E-state index in [-0.39, 0.29) is 17.7 Å². The molecular formula is C16H25ClN2O2. The number of Topliss-reactive ketones (excluding diaryl/α,β-unsaturated/α-hetero) is 1. The van der Waals surface area contributed by atoms with Crippen LogP contribution < -0.4 is 5.32 Å². The van der Waals surface area contributed by atoms with Crippen LogP contribution in [0, 0.1) is 19.8 Å². The van der Waals surface area contributed by atoms with Crippen LogP contribution in [0.15, 0.2) is 6.07 Å². The molecule has 1 N–H and O–H groups in total. The molecule has 2 unspecified atom stereocenters. The number of hydrogen-bond acceptors (Lipinski definition) is 2. The number of halogens is 1. The van der Waals surface area contributed by atoms with E-state index in [2.05, 4.69) is 19.2 Å². The molecule has 4 nitrogen and oxygen atoms in total. The van der Waals surface area contributed by atoms with Crippen LogP contribution in [0.25, 0.3) is 0 Å². The molecule has 118 valence electrons. The van der Waals surface area contributed by atoms with Crippen molar-refractivity contribution in [3.8, 4) is 0 Å². The Labute approximate surface area is 131 Å². The van der Waals surface area contributed by atoms with E-state index in [0.29, 0.717) is 18.0 Å². The summed E-state index contributed by atoms with van der Waals surface area (Å²) in [6, 6.07) is 1.46. The van der Waals surface area contributed by atoms with Gasteiger partial charge in [-0.2, -0.15) is 0 Å². The zero-order valence-electron chi connectivity index (χ0n) is 13.7. The summed E-state index contributed by atoms with van der Waals surface area (Å²) in [6.07, 6.45) is 0. The Kier molecular flexibility index (Phi) is 6.02. The minimum atomic E-state index is -0.566. The number of nitrogens with zero attached hydrogens (tertiary/aromatic N) is 1. The highest BCUT2D eigenvalue weighted by molar-refractivity contribution is 6.33. The lowest BCUT2D eigenvalue weighted by Gasteiger charge is -2.19. The van der Waals surface area contributed by atoms with Gasteiger partial charge < -0.3 is 9.88 Å². The Morgan fingerprint density at radius 3 is 2.29 bits per heavy atom. The number of hydrogen-bond donors (Lipinski definition) is 1. The Morgan fingerprint density at radius 1 is 1.24 bits per heavy atom. The van der Waals surface area contributed by atoms with Crippen LogP contribution in [0.5, 0.6) is 0 Å². The molecule has 0 saturated carbocycles. The van der Waals surface area contributed by atoms with Crippen molar-refractivity contribution in [2.75, 3.05) is 6.54 Å². The molecule has 1 heterocycles. The molecule has 21 heavy (non-hydrogen) atoms. The van der Waals surface area contributed by atoms with Crippen molar-refractivity contribution in [1.82, 2.24) is 9.88 Å². The van der Waals surface area contributed by atoms with Gasteiger partial charge in [0.2, 0.25) is 5.91 Å². The molecule has 0 aliphatic heterocycles. The molecule has 0 aliphatic rings. The molecule has 2 atom stereocenters. The van der Waals surface area contributed by atoms with Gasteiger partial charge in [-0.15, -0.1) is 11.6 Å². The van der Waals surface area contributed by atoms with E-state index in [1.54, 1.807) is 6.92 Å². The Balaban J connectivity index is 3.03. The lowest BCUT2D eigenvalue weighted by atomic mass is 10.1. The van der Waals surface area contributed by atoms with Crippen LogP contribution in [0.4, 0.5) is 0 Å². The van der Waals surface area contributed by atoms with E-state index in [9.17, 15) is 9.59 Å². The highest BCUT2D eigenvalue weighted by Crippen LogP contribution is 2.22. The zero-order chi connectivity index (χ0) is 16.3. The Morgan fingerprint density at radius 2 is 1.81 bits per heavy atom. The summed E-state index contributed by atoms with van der Waals surface area (Å²) in [5.74, 6) is 0.261. The van der Waals surface area contributed by atoms with E-state index in [1.807, 2.05) is 31.4 Å². The fourth-order valence-corrected chi connectivity index (χ4v) is 2.52. The van der Waals surface area contributed by atoms with E-state index in [0.717, 1.165) is 11.4 Å². The molecular weight excluding hydrogens is 288 g/mol. The van der Waals surface area contributed by atoms with Gasteiger partial charge in [-0.3, -0.25) is 9.59 Å². The number of carbonyl (C=O) groups excluding carboxylic acids is 2. The second-order valence-corrected chi connectivity index (χ2v) is 6.60. The summed E-state index contributed by atoms with van der Waals surface area (Å²) in [7, 11) is 0. The number of amides is 1. The lowest BCUT2D eigenvalue weighted by Crippen LogP contribution is -2.34. The summed E-state index contributed by atoms with van der Waals surface area (Å²) in [5.41, 5.74) is 2.27. The van der Waals surface area contributed by atoms with Crippen LogP contribution >= 0.6 is 11.6 Å². The van der Waals surface area contributed by atoms with Crippen molar-refractivity contribution in [3.05, 3.63) is 23.0 Å². The molecule has 5 heteroatoms. The summed E-state index contributed by atoms with van der Waals surface area (Å²) in [5, 5.41) is 2.36. The molecule has 0 fully saturated rings. The summed E-state index contributed by atoms with van der Waals surface area (Å²) in [4.78, 5) is 24.3. The summed E-state index contributed by atoms with van der Waals surface area (Å²) in [6.45, 7) is 12.0. The van der Waals surface area contributed by atoms with Gasteiger partial charge in [-0.25, -0.2) is 0 Å². The first kappa shape index (κ1) is 17.8. The molecule has 1 amide bonds. The number of aryl methyl sites for hydroxylation is 1. The van der Waals surface area contributed by atoms with Crippen molar-refractivity contribution in [1.29, 1.82) is 0 Å². The minimum Gasteiger partial charge on any atom is -0.354 e. The van der Waals surface area contributed by atoms with Gasteiger partial charge in [0.1, 0.15) is 6.04 Å². The molecule has 0 spiro atoms. The average Bonchev–Trinajstić information content (AvgIpc) is 2.69. The standard InChI is InChI=1S/C16H25ClN2O2/c1-9(2)8-18-16(21)13(6)19-10(3)7-14(12(19)5)15(20)11(4)17/h7,9,11,13H,8H2,1-6H3,(H,18,21). The molecule has 1 rings (SSSR count). The molecule has 0 saturated heterocycles. The van der Waals surface area contributed by atoms with Crippen LogP contribution in [0.2, 0.25) is 0 Å². The van der Waals surface area contributed by atoms with Crippen molar-refractivity contribution in [2.45, 2.75) is 53.0 Å². The predicted octanol–water partition coefficient (Wildman–Crippen LogP) is 3.25. The fraction of sp³-hybridized carbons (Fsp3) is 0.625. The average molecular weight is 313 g/mol. The van der Waals surface area contributed by atoms with E-state index >= 15 is 0 Å². The van der Waals surface area contributed by atoms with Crippen LogP contribution in [0.3, 0.4) is 0 Å². The third-order valence-corrected chi connectivity index (χ3v) is 3.76. The van der Waals surface area contributed by atoms with Crippen molar-refractivity contribution in [2.24, 2.45) is 5.92 Å². The summed E-state index contributed by atoms with van der Waals surface area (Å²) >= 11 is 5.88. The first-order valence-corrected chi connectivity index (χ1v) is 7.74. The van der Waals surface area contributed by atoms with Gasteiger partial charge in [0, 0.05) is 23.5 Å². The zero-order valence-corrected chi connectivity index (χ0v) is 14.4. The second kappa shape index (κ2) is 7.12. The topological polar surface area (TPSA) is 51.1 Å². The number of rotatable bonds is 6. The maximum atomic E-state index is 12.2. The molecule has 0 bridgehead atoms. The van der Waals surface area contributed by atoms with Gasteiger partial charge in [-0.05, 0) is 39.7 Å². The minimum absolute atomic E-state index is 0.0385. The predicted molar refractivity (Wildman–Crippen MR) is 86.1 cm³/mol. The number of nitrogens with one attached hydrogen (secondary N) is 1. The fourth-order valence-electron chi connectivity index (χ4n) is 2.41. The van der Waals surface area contributed by atoms with Crippen molar-refractivity contribution >= 4 is 23.3 Å². The first-order valence-electron chi connectivity index (χ1n) is 7.31. The third-order valence-electron chi connectivity index (χ3n) is 3.56. The van der Waals surface area contributed by atoms with Crippen LogP contribution in [-0.2, 0) is 4.79 Å². The van der Waals surface area contributed by atoms with Crippen molar-refractivity contribution in [3.63, 3.8) is 0 Å². The molecule has 1 aromatic heterocycles. The van der Waals surface area contributed by atoms with E-state index in [4.69, 9.17) is 11.6 Å². The number of aromatic nitrogens is 1. The highest BCUT2D eigenvalue weighted by Gasteiger charge is 2.24. The second-order valence-electron chi connectivity index (χ2n) is 5.95. The number of carbonyl (C=O) groups is 2. The molecule has 0 radical (unpaired) electrons. The summed E-state index contributed by atoms with van der Waals surface area (Å²) < 4.78 is 1.89. The Hall–Kier alpha value is -1.29. The van der Waals surface area contributed by atoms with Gasteiger partial charge in [-0.1, -0.05) is 13.8 Å². The van der Waals surface area contributed by atoms with Gasteiger partial charge >= 0.3 is 0 Å². The maximum Gasteiger partial charge on any atom is 0.242 e. The largest absolute Gasteiger partial charge is 0.354 e. The monoisotopic (exact) mass is 312 g/mol. The van der Waals surface area contributed by atoms with Crippen LogP contribution in [0.1, 0.15) is 55.5 Å². The maximum absolute atomic E-state index is 12.2. The smallest absolute Gasteiger partial charge is 0.242 e.